The van der Waals surface area contributed by atoms with E-state index in [2.05, 4.69) is 10.0 Å². The lowest BCUT2D eigenvalue weighted by atomic mass is 10.1. The van der Waals surface area contributed by atoms with Crippen LogP contribution in [0.2, 0.25) is 0 Å². The van der Waals surface area contributed by atoms with Gasteiger partial charge in [-0.25, -0.2) is 13.1 Å². The summed E-state index contributed by atoms with van der Waals surface area (Å²) in [5, 5.41) is 2.60. The predicted octanol–water partition coefficient (Wildman–Crippen LogP) is 0.258. The fourth-order valence-corrected chi connectivity index (χ4v) is 2.70. The van der Waals surface area contributed by atoms with Crippen molar-refractivity contribution in [2.24, 2.45) is 5.73 Å². The van der Waals surface area contributed by atoms with Crippen LogP contribution in [0.1, 0.15) is 24.5 Å². The zero-order chi connectivity index (χ0) is 15.2. The second-order valence-electron chi connectivity index (χ2n) is 4.47. The Bertz CT molecular complexity index is 570. The highest BCUT2D eigenvalue weighted by molar-refractivity contribution is 7.89. The van der Waals surface area contributed by atoms with Crippen molar-refractivity contribution in [3.8, 4) is 0 Å². The number of hydrogen-bond donors (Lipinski definition) is 3. The van der Waals surface area contributed by atoms with Crippen LogP contribution in [0.25, 0.3) is 0 Å². The molecule has 0 heterocycles. The maximum Gasteiger partial charge on any atom is 0.241 e. The molecule has 0 saturated heterocycles. The molecule has 0 aliphatic heterocycles. The Morgan fingerprint density at radius 2 is 2.05 bits per heavy atom. The molecule has 0 spiro atoms. The van der Waals surface area contributed by atoms with Crippen molar-refractivity contribution < 1.29 is 13.2 Å². The van der Waals surface area contributed by atoms with Gasteiger partial charge in [-0.2, -0.15) is 0 Å². The Balaban J connectivity index is 2.74. The summed E-state index contributed by atoms with van der Waals surface area (Å²) >= 11 is 0. The molecule has 1 aromatic rings. The minimum atomic E-state index is -3.68. The van der Waals surface area contributed by atoms with Gasteiger partial charge in [0.2, 0.25) is 15.9 Å². The molecule has 4 N–H and O–H groups in total. The van der Waals surface area contributed by atoms with E-state index in [9.17, 15) is 13.2 Å². The predicted molar refractivity (Wildman–Crippen MR) is 77.6 cm³/mol. The van der Waals surface area contributed by atoms with E-state index in [1.54, 1.807) is 19.1 Å². The van der Waals surface area contributed by atoms with Crippen molar-refractivity contribution in [3.63, 3.8) is 0 Å². The van der Waals surface area contributed by atoms with Gasteiger partial charge >= 0.3 is 0 Å². The van der Waals surface area contributed by atoms with Crippen LogP contribution in [0.4, 0.5) is 0 Å². The van der Waals surface area contributed by atoms with Gasteiger partial charge in [-0.15, -0.1) is 0 Å². The third-order valence-corrected chi connectivity index (χ3v) is 4.24. The van der Waals surface area contributed by atoms with Crippen molar-refractivity contribution >= 4 is 15.9 Å². The number of carbonyl (C=O) groups is 1. The van der Waals surface area contributed by atoms with E-state index in [0.717, 1.165) is 17.5 Å². The number of aryl methyl sites for hydroxylation is 1. The van der Waals surface area contributed by atoms with Gasteiger partial charge in [0.1, 0.15) is 0 Å². The second kappa shape index (κ2) is 7.37. The highest BCUT2D eigenvalue weighted by Crippen LogP contribution is 2.14. The Hall–Kier alpha value is -1.44. The number of carbonyl (C=O) groups excluding carboxylic acids is 1. The van der Waals surface area contributed by atoms with E-state index < -0.39 is 10.0 Å². The standard InChI is InChI=1S/C13H21N3O3S/c1-3-6-15-13(17)9-16-20(18,19)12-5-4-11(8-14)10(2)7-12/h4-5,7,16H,3,6,8-9,14H2,1-2H3,(H,15,17). The van der Waals surface area contributed by atoms with Gasteiger partial charge in [0, 0.05) is 13.1 Å². The number of rotatable bonds is 7. The summed E-state index contributed by atoms with van der Waals surface area (Å²) < 4.78 is 26.4. The average molecular weight is 299 g/mol. The SMILES string of the molecule is CCCNC(=O)CNS(=O)(=O)c1ccc(CN)c(C)c1. The number of benzene rings is 1. The van der Waals surface area contributed by atoms with Crippen molar-refractivity contribution in [1.29, 1.82) is 0 Å². The molecule has 0 saturated carbocycles. The van der Waals surface area contributed by atoms with Crippen molar-refractivity contribution in [2.75, 3.05) is 13.1 Å². The van der Waals surface area contributed by atoms with Crippen molar-refractivity contribution in [3.05, 3.63) is 29.3 Å². The highest BCUT2D eigenvalue weighted by atomic mass is 32.2. The maximum absolute atomic E-state index is 12.0. The molecule has 0 aliphatic rings. The van der Waals surface area contributed by atoms with Crippen molar-refractivity contribution in [1.82, 2.24) is 10.0 Å². The first kappa shape index (κ1) is 16.6. The molecule has 0 aliphatic carbocycles. The van der Waals surface area contributed by atoms with Crippen LogP contribution < -0.4 is 15.8 Å². The second-order valence-corrected chi connectivity index (χ2v) is 6.23. The first-order valence-corrected chi connectivity index (χ1v) is 7.95. The lowest BCUT2D eigenvalue weighted by Gasteiger charge is -2.09. The molecule has 1 amide bonds. The first-order chi connectivity index (χ1) is 9.40. The van der Waals surface area contributed by atoms with Crippen LogP contribution in [0.3, 0.4) is 0 Å². The minimum absolute atomic E-state index is 0.135. The molecular formula is C13H21N3O3S. The molecule has 112 valence electrons. The van der Waals surface area contributed by atoms with Crippen LogP contribution in [0.15, 0.2) is 23.1 Å². The molecular weight excluding hydrogens is 278 g/mol. The number of sulfonamides is 1. The fourth-order valence-electron chi connectivity index (χ4n) is 1.64. The summed E-state index contributed by atoms with van der Waals surface area (Å²) in [7, 11) is -3.68. The van der Waals surface area contributed by atoms with E-state index in [1.807, 2.05) is 6.92 Å². The van der Waals surface area contributed by atoms with Gasteiger partial charge in [-0.1, -0.05) is 13.0 Å². The number of nitrogens with one attached hydrogen (secondary N) is 2. The van der Waals surface area contributed by atoms with E-state index in [1.165, 1.54) is 6.07 Å². The summed E-state index contributed by atoms with van der Waals surface area (Å²) in [4.78, 5) is 11.5. The molecule has 7 heteroatoms. The topological polar surface area (TPSA) is 101 Å². The van der Waals surface area contributed by atoms with Gasteiger partial charge in [-0.05, 0) is 36.6 Å². The molecule has 0 unspecified atom stereocenters. The fraction of sp³-hybridized carbons (Fsp3) is 0.462. The number of hydrogen-bond acceptors (Lipinski definition) is 4. The van der Waals surface area contributed by atoms with Gasteiger partial charge in [0.25, 0.3) is 0 Å². The molecule has 0 atom stereocenters. The summed E-state index contributed by atoms with van der Waals surface area (Å²) in [6.45, 7) is 4.35. The van der Waals surface area contributed by atoms with Crippen LogP contribution >= 0.6 is 0 Å². The molecule has 20 heavy (non-hydrogen) atoms. The maximum atomic E-state index is 12.0. The molecule has 0 bridgehead atoms. The number of nitrogens with two attached hydrogens (primary N) is 1. The highest BCUT2D eigenvalue weighted by Gasteiger charge is 2.16. The average Bonchev–Trinajstić information content (AvgIpc) is 2.42. The zero-order valence-electron chi connectivity index (χ0n) is 11.8. The molecule has 1 aromatic carbocycles. The lowest BCUT2D eigenvalue weighted by Crippen LogP contribution is -2.37. The smallest absolute Gasteiger partial charge is 0.241 e. The Morgan fingerprint density at radius 1 is 1.35 bits per heavy atom. The van der Waals surface area contributed by atoms with Gasteiger partial charge < -0.3 is 11.1 Å². The van der Waals surface area contributed by atoms with Crippen LogP contribution in [0.5, 0.6) is 0 Å². The van der Waals surface area contributed by atoms with E-state index in [-0.39, 0.29) is 17.3 Å². The third-order valence-electron chi connectivity index (χ3n) is 2.84. The van der Waals surface area contributed by atoms with Crippen LogP contribution in [0, 0.1) is 6.92 Å². The van der Waals surface area contributed by atoms with Gasteiger partial charge in [-0.3, -0.25) is 4.79 Å². The normalized spacial score (nSPS) is 11.3. The minimum Gasteiger partial charge on any atom is -0.355 e. The Kier molecular flexibility index (Phi) is 6.12. The molecule has 0 radical (unpaired) electrons. The Morgan fingerprint density at radius 3 is 2.60 bits per heavy atom. The molecule has 1 rings (SSSR count). The van der Waals surface area contributed by atoms with Gasteiger partial charge in [0.05, 0.1) is 11.4 Å². The molecule has 0 aromatic heterocycles. The first-order valence-electron chi connectivity index (χ1n) is 6.46. The number of amides is 1. The Labute approximate surface area is 119 Å². The summed E-state index contributed by atoms with van der Waals surface area (Å²) in [5.74, 6) is -0.342. The molecule has 6 nitrogen and oxygen atoms in total. The summed E-state index contributed by atoms with van der Waals surface area (Å²) in [6, 6.07) is 4.72. The zero-order valence-corrected chi connectivity index (χ0v) is 12.6. The van der Waals surface area contributed by atoms with E-state index in [4.69, 9.17) is 5.73 Å². The quantitative estimate of drug-likeness (QED) is 0.672. The third kappa shape index (κ3) is 4.59. The monoisotopic (exact) mass is 299 g/mol. The summed E-state index contributed by atoms with van der Waals surface area (Å²) in [5.41, 5.74) is 7.24. The molecule has 0 fully saturated rings. The van der Waals surface area contributed by atoms with E-state index in [0.29, 0.717) is 13.1 Å². The van der Waals surface area contributed by atoms with E-state index >= 15 is 0 Å². The lowest BCUT2D eigenvalue weighted by molar-refractivity contribution is -0.119. The van der Waals surface area contributed by atoms with Crippen LogP contribution in [-0.4, -0.2) is 27.4 Å². The van der Waals surface area contributed by atoms with Gasteiger partial charge in [0.15, 0.2) is 0 Å². The largest absolute Gasteiger partial charge is 0.355 e. The van der Waals surface area contributed by atoms with Crippen molar-refractivity contribution in [2.45, 2.75) is 31.7 Å². The van der Waals surface area contributed by atoms with Crippen LogP contribution in [-0.2, 0) is 21.4 Å². The summed E-state index contributed by atoms with van der Waals surface area (Å²) in [6.07, 6.45) is 0.804.